The molecular formula is C22H16F3N3O. The third-order valence-corrected chi connectivity index (χ3v) is 4.42. The molecule has 0 fully saturated rings. The first-order chi connectivity index (χ1) is 13.9. The summed E-state index contributed by atoms with van der Waals surface area (Å²) in [6, 6.07) is 19.5. The standard InChI is InChI=1S/C22H16F3N3O/c1-14-3-2-4-15-11-16(5-10-19(14)15)20-12-21(27-13-26-20)28-17-6-8-18(9-7-17)29-22(23,24)25/h2-13H,1H3,(H,26,27,28). The van der Waals surface area contributed by atoms with Gasteiger partial charge < -0.3 is 10.1 Å². The van der Waals surface area contributed by atoms with E-state index in [1.807, 2.05) is 12.1 Å². The first-order valence-electron chi connectivity index (χ1n) is 8.82. The second-order valence-corrected chi connectivity index (χ2v) is 6.50. The van der Waals surface area contributed by atoms with Crippen LogP contribution in [0.3, 0.4) is 0 Å². The Morgan fingerprint density at radius 1 is 0.897 bits per heavy atom. The van der Waals surface area contributed by atoms with Gasteiger partial charge in [0.15, 0.2) is 0 Å². The fraction of sp³-hybridized carbons (Fsp3) is 0.0909. The van der Waals surface area contributed by atoms with Crippen molar-refractivity contribution in [3.63, 3.8) is 0 Å². The SMILES string of the molecule is Cc1cccc2cc(-c3cc(Nc4ccc(OC(F)(F)F)cc4)ncn3)ccc12. The molecule has 0 amide bonds. The molecule has 1 aromatic heterocycles. The summed E-state index contributed by atoms with van der Waals surface area (Å²) in [6.45, 7) is 2.07. The number of fused-ring (bicyclic) bond motifs is 1. The topological polar surface area (TPSA) is 47.0 Å². The molecular weight excluding hydrogens is 379 g/mol. The van der Waals surface area contributed by atoms with Gasteiger partial charge in [-0.1, -0.05) is 30.3 Å². The van der Waals surface area contributed by atoms with Crippen LogP contribution in [0.1, 0.15) is 5.56 Å². The predicted octanol–water partition coefficient (Wildman–Crippen LogP) is 6.25. The normalized spacial score (nSPS) is 11.4. The quantitative estimate of drug-likeness (QED) is 0.444. The Balaban J connectivity index is 1.56. The molecule has 146 valence electrons. The number of halogens is 3. The van der Waals surface area contributed by atoms with Crippen LogP contribution in [0, 0.1) is 6.92 Å². The third kappa shape index (κ3) is 4.45. The number of alkyl halides is 3. The van der Waals surface area contributed by atoms with Gasteiger partial charge in [-0.3, -0.25) is 0 Å². The summed E-state index contributed by atoms with van der Waals surface area (Å²) in [6.07, 6.45) is -3.27. The molecule has 0 aliphatic rings. The summed E-state index contributed by atoms with van der Waals surface area (Å²) < 4.78 is 40.7. The van der Waals surface area contributed by atoms with Crippen LogP contribution >= 0.6 is 0 Å². The summed E-state index contributed by atoms with van der Waals surface area (Å²) in [7, 11) is 0. The number of aromatic nitrogens is 2. The lowest BCUT2D eigenvalue weighted by molar-refractivity contribution is -0.274. The first kappa shape index (κ1) is 18.7. The van der Waals surface area contributed by atoms with Crippen LogP contribution in [-0.4, -0.2) is 16.3 Å². The van der Waals surface area contributed by atoms with Gasteiger partial charge in [0.25, 0.3) is 0 Å². The van der Waals surface area contributed by atoms with Crippen molar-refractivity contribution in [2.75, 3.05) is 5.32 Å². The van der Waals surface area contributed by atoms with E-state index in [4.69, 9.17) is 0 Å². The van der Waals surface area contributed by atoms with Crippen LogP contribution in [0.25, 0.3) is 22.0 Å². The summed E-state index contributed by atoms with van der Waals surface area (Å²) in [4.78, 5) is 8.52. The van der Waals surface area contributed by atoms with Crippen molar-refractivity contribution in [1.29, 1.82) is 0 Å². The summed E-state index contributed by atoms with van der Waals surface area (Å²) in [5.74, 6) is 0.252. The lowest BCUT2D eigenvalue weighted by Gasteiger charge is -2.11. The second kappa shape index (κ2) is 7.43. The highest BCUT2D eigenvalue weighted by molar-refractivity contribution is 5.89. The molecule has 0 aliphatic carbocycles. The van der Waals surface area contributed by atoms with Crippen LogP contribution in [-0.2, 0) is 0 Å². The van der Waals surface area contributed by atoms with Crippen molar-refractivity contribution in [3.8, 4) is 17.0 Å². The Kier molecular flexibility index (Phi) is 4.80. The average Bonchev–Trinajstić information content (AvgIpc) is 2.69. The van der Waals surface area contributed by atoms with Crippen molar-refractivity contribution in [2.24, 2.45) is 0 Å². The minimum atomic E-state index is -4.71. The Bertz CT molecular complexity index is 1160. The van der Waals surface area contributed by atoms with Crippen LogP contribution < -0.4 is 10.1 Å². The largest absolute Gasteiger partial charge is 0.573 e. The Morgan fingerprint density at radius 3 is 2.45 bits per heavy atom. The van der Waals surface area contributed by atoms with E-state index in [1.54, 1.807) is 6.07 Å². The number of rotatable bonds is 4. The maximum Gasteiger partial charge on any atom is 0.573 e. The minimum Gasteiger partial charge on any atom is -0.406 e. The van der Waals surface area contributed by atoms with E-state index in [9.17, 15) is 13.2 Å². The zero-order valence-electron chi connectivity index (χ0n) is 15.4. The number of anilines is 2. The summed E-state index contributed by atoms with van der Waals surface area (Å²) in [5.41, 5.74) is 3.47. The van der Waals surface area contributed by atoms with E-state index in [1.165, 1.54) is 41.5 Å². The highest BCUT2D eigenvalue weighted by Crippen LogP contribution is 2.28. The highest BCUT2D eigenvalue weighted by Gasteiger charge is 2.30. The molecule has 0 spiro atoms. The van der Waals surface area contributed by atoms with E-state index in [0.717, 1.165) is 16.6 Å². The van der Waals surface area contributed by atoms with Gasteiger partial charge in [-0.05, 0) is 53.6 Å². The van der Waals surface area contributed by atoms with E-state index in [0.29, 0.717) is 11.5 Å². The van der Waals surface area contributed by atoms with E-state index >= 15 is 0 Å². The number of ether oxygens (including phenoxy) is 1. The molecule has 3 aromatic carbocycles. The van der Waals surface area contributed by atoms with Crippen molar-refractivity contribution < 1.29 is 17.9 Å². The van der Waals surface area contributed by atoms with Crippen molar-refractivity contribution in [1.82, 2.24) is 9.97 Å². The fourth-order valence-electron chi connectivity index (χ4n) is 3.08. The van der Waals surface area contributed by atoms with Gasteiger partial charge in [0, 0.05) is 17.3 Å². The lowest BCUT2D eigenvalue weighted by atomic mass is 10.0. The molecule has 0 radical (unpaired) electrons. The number of hydrogen-bond acceptors (Lipinski definition) is 4. The lowest BCUT2D eigenvalue weighted by Crippen LogP contribution is -2.16. The summed E-state index contributed by atoms with van der Waals surface area (Å²) in [5, 5.41) is 5.37. The third-order valence-electron chi connectivity index (χ3n) is 4.42. The molecule has 0 unspecified atom stereocenters. The molecule has 0 saturated carbocycles. The molecule has 4 aromatic rings. The van der Waals surface area contributed by atoms with Crippen LogP contribution in [0.15, 0.2) is 73.1 Å². The van der Waals surface area contributed by atoms with Crippen molar-refractivity contribution >= 4 is 22.3 Å². The number of nitrogens with zero attached hydrogens (tertiary/aromatic N) is 2. The fourth-order valence-corrected chi connectivity index (χ4v) is 3.08. The van der Waals surface area contributed by atoms with Gasteiger partial charge in [-0.15, -0.1) is 13.2 Å². The van der Waals surface area contributed by atoms with Gasteiger partial charge in [-0.2, -0.15) is 0 Å². The zero-order valence-corrected chi connectivity index (χ0v) is 15.4. The van der Waals surface area contributed by atoms with Gasteiger partial charge in [0.1, 0.15) is 17.9 Å². The second-order valence-electron chi connectivity index (χ2n) is 6.50. The van der Waals surface area contributed by atoms with E-state index in [-0.39, 0.29) is 5.75 Å². The number of aryl methyl sites for hydroxylation is 1. The monoisotopic (exact) mass is 395 g/mol. The van der Waals surface area contributed by atoms with Crippen LogP contribution in [0.2, 0.25) is 0 Å². The maximum absolute atomic E-state index is 12.3. The molecule has 1 heterocycles. The predicted molar refractivity (Wildman–Crippen MR) is 106 cm³/mol. The molecule has 0 saturated heterocycles. The average molecular weight is 395 g/mol. The van der Waals surface area contributed by atoms with Gasteiger partial charge >= 0.3 is 6.36 Å². The zero-order chi connectivity index (χ0) is 20.4. The smallest absolute Gasteiger partial charge is 0.406 e. The van der Waals surface area contributed by atoms with Crippen LogP contribution in [0.4, 0.5) is 24.7 Å². The molecule has 1 N–H and O–H groups in total. The van der Waals surface area contributed by atoms with E-state index in [2.05, 4.69) is 51.2 Å². The van der Waals surface area contributed by atoms with Gasteiger partial charge in [0.2, 0.25) is 0 Å². The van der Waals surface area contributed by atoms with E-state index < -0.39 is 6.36 Å². The molecule has 4 rings (SSSR count). The molecule has 0 atom stereocenters. The number of hydrogen-bond donors (Lipinski definition) is 1. The number of nitrogens with one attached hydrogen (secondary N) is 1. The maximum atomic E-state index is 12.3. The molecule has 4 nitrogen and oxygen atoms in total. The van der Waals surface area contributed by atoms with Crippen molar-refractivity contribution in [2.45, 2.75) is 13.3 Å². The Hall–Kier alpha value is -3.61. The molecule has 0 aliphatic heterocycles. The van der Waals surface area contributed by atoms with Gasteiger partial charge in [-0.25, -0.2) is 9.97 Å². The van der Waals surface area contributed by atoms with Crippen LogP contribution in [0.5, 0.6) is 5.75 Å². The number of benzene rings is 3. The summed E-state index contributed by atoms with van der Waals surface area (Å²) >= 11 is 0. The molecule has 0 bridgehead atoms. The minimum absolute atomic E-state index is 0.280. The molecule has 29 heavy (non-hydrogen) atoms. The Labute approximate surface area is 165 Å². The Morgan fingerprint density at radius 2 is 1.69 bits per heavy atom. The first-order valence-corrected chi connectivity index (χ1v) is 8.82. The van der Waals surface area contributed by atoms with Gasteiger partial charge in [0.05, 0.1) is 5.69 Å². The highest BCUT2D eigenvalue weighted by atomic mass is 19.4. The van der Waals surface area contributed by atoms with Crippen molar-refractivity contribution in [3.05, 3.63) is 78.6 Å². The molecule has 7 heteroatoms.